The Morgan fingerprint density at radius 2 is 1.68 bits per heavy atom. The van der Waals surface area contributed by atoms with Crippen LogP contribution in [0.15, 0.2) is 78.5 Å². The van der Waals surface area contributed by atoms with E-state index >= 15 is 0 Å². The maximum Gasteiger partial charge on any atom is 0.278 e. The molecule has 0 saturated heterocycles. The quantitative estimate of drug-likeness (QED) is 0.559. The fourth-order valence-corrected chi connectivity index (χ4v) is 3.63. The van der Waals surface area contributed by atoms with Crippen molar-refractivity contribution in [1.82, 2.24) is 4.90 Å². The number of benzene rings is 3. The molecule has 1 aliphatic rings. The molecule has 3 aromatic rings. The molecule has 0 aliphatic carbocycles. The summed E-state index contributed by atoms with van der Waals surface area (Å²) in [5, 5.41) is 3.42. The Hall–Kier alpha value is -3.64. The van der Waals surface area contributed by atoms with E-state index in [1.165, 1.54) is 19.2 Å². The summed E-state index contributed by atoms with van der Waals surface area (Å²) in [5.41, 5.74) is 2.21. The topological polar surface area (TPSA) is 58.6 Å². The number of halogens is 2. The molecule has 156 valence electrons. The van der Waals surface area contributed by atoms with Crippen molar-refractivity contribution in [3.05, 3.63) is 100 Å². The lowest BCUT2D eigenvalue weighted by atomic mass is 10.0. The highest BCUT2D eigenvalue weighted by Gasteiger charge is 2.39. The Morgan fingerprint density at radius 1 is 0.968 bits per heavy atom. The number of nitrogens with zero attached hydrogens (tertiary/aromatic N) is 1. The van der Waals surface area contributed by atoms with Crippen LogP contribution in [0.4, 0.5) is 10.1 Å². The predicted molar refractivity (Wildman–Crippen MR) is 117 cm³/mol. The third-order valence-electron chi connectivity index (χ3n) is 4.91. The zero-order valence-electron chi connectivity index (χ0n) is 16.6. The molecule has 0 fully saturated rings. The van der Waals surface area contributed by atoms with Crippen molar-refractivity contribution < 1.29 is 18.7 Å². The molecule has 2 amide bonds. The van der Waals surface area contributed by atoms with E-state index < -0.39 is 11.8 Å². The largest absolute Gasteiger partial charge is 0.495 e. The number of hydrogen-bond acceptors (Lipinski definition) is 4. The van der Waals surface area contributed by atoms with Crippen molar-refractivity contribution in [2.45, 2.75) is 6.54 Å². The van der Waals surface area contributed by atoms with Crippen molar-refractivity contribution >= 4 is 34.7 Å². The Kier molecular flexibility index (Phi) is 5.73. The second-order valence-electron chi connectivity index (χ2n) is 6.91. The van der Waals surface area contributed by atoms with Crippen LogP contribution in [0, 0.1) is 5.82 Å². The molecule has 0 aromatic heterocycles. The fraction of sp³-hybridized carbons (Fsp3) is 0.0833. The summed E-state index contributed by atoms with van der Waals surface area (Å²) in [6, 6.07) is 19.7. The lowest BCUT2D eigenvalue weighted by Crippen LogP contribution is -2.32. The molecule has 0 bridgehead atoms. The molecular weight excluding hydrogens is 419 g/mol. The highest BCUT2D eigenvalue weighted by atomic mass is 35.5. The van der Waals surface area contributed by atoms with E-state index in [4.69, 9.17) is 16.3 Å². The van der Waals surface area contributed by atoms with Gasteiger partial charge in [0, 0.05) is 5.69 Å². The summed E-state index contributed by atoms with van der Waals surface area (Å²) < 4.78 is 18.4. The van der Waals surface area contributed by atoms with Crippen molar-refractivity contribution in [3.63, 3.8) is 0 Å². The van der Waals surface area contributed by atoms with E-state index in [0.717, 1.165) is 4.90 Å². The first-order valence-corrected chi connectivity index (χ1v) is 9.86. The van der Waals surface area contributed by atoms with Gasteiger partial charge >= 0.3 is 0 Å². The van der Waals surface area contributed by atoms with Crippen LogP contribution in [0.3, 0.4) is 0 Å². The highest BCUT2D eigenvalue weighted by molar-refractivity contribution is 6.36. The first kappa shape index (κ1) is 20.6. The van der Waals surface area contributed by atoms with E-state index in [9.17, 15) is 14.0 Å². The third kappa shape index (κ3) is 4.15. The maximum atomic E-state index is 13.2. The lowest BCUT2D eigenvalue weighted by molar-refractivity contribution is -0.137. The third-order valence-corrected chi connectivity index (χ3v) is 5.20. The number of hydrogen-bond donors (Lipinski definition) is 1. The van der Waals surface area contributed by atoms with Gasteiger partial charge in [-0.05, 0) is 41.5 Å². The summed E-state index contributed by atoms with van der Waals surface area (Å²) in [4.78, 5) is 27.6. The Balaban J connectivity index is 1.71. The van der Waals surface area contributed by atoms with Crippen LogP contribution in [-0.4, -0.2) is 23.8 Å². The maximum absolute atomic E-state index is 13.2. The van der Waals surface area contributed by atoms with E-state index in [1.807, 2.05) is 6.07 Å². The molecule has 1 N–H and O–H groups in total. The first-order chi connectivity index (χ1) is 15.0. The normalized spacial score (nSPS) is 13.7. The number of carbonyl (C=O) groups is 2. The second kappa shape index (κ2) is 8.62. The van der Waals surface area contributed by atoms with Gasteiger partial charge in [-0.3, -0.25) is 14.5 Å². The van der Waals surface area contributed by atoms with Gasteiger partial charge in [0.05, 0.1) is 24.3 Å². The van der Waals surface area contributed by atoms with E-state index in [0.29, 0.717) is 27.6 Å². The van der Waals surface area contributed by atoms with Gasteiger partial charge in [0.2, 0.25) is 0 Å². The molecule has 5 nitrogen and oxygen atoms in total. The van der Waals surface area contributed by atoms with Crippen LogP contribution in [0.2, 0.25) is 5.02 Å². The van der Waals surface area contributed by atoms with Crippen molar-refractivity contribution in [3.8, 4) is 5.75 Å². The zero-order valence-corrected chi connectivity index (χ0v) is 17.3. The van der Waals surface area contributed by atoms with E-state index in [2.05, 4.69) is 5.32 Å². The minimum Gasteiger partial charge on any atom is -0.495 e. The monoisotopic (exact) mass is 436 g/mol. The number of methoxy groups -OCH3 is 1. The van der Waals surface area contributed by atoms with Gasteiger partial charge in [-0.25, -0.2) is 4.39 Å². The molecule has 0 saturated carbocycles. The Labute approximate surface area is 183 Å². The summed E-state index contributed by atoms with van der Waals surface area (Å²) in [7, 11) is 1.51. The summed E-state index contributed by atoms with van der Waals surface area (Å²) in [5.74, 6) is -0.788. The van der Waals surface area contributed by atoms with Gasteiger partial charge in [0.25, 0.3) is 11.8 Å². The fourth-order valence-electron chi connectivity index (χ4n) is 3.37. The average Bonchev–Trinajstić information content (AvgIpc) is 3.00. The van der Waals surface area contributed by atoms with Crippen LogP contribution < -0.4 is 10.1 Å². The predicted octanol–water partition coefficient (Wildman–Crippen LogP) is 4.88. The van der Waals surface area contributed by atoms with Gasteiger partial charge < -0.3 is 10.1 Å². The number of carbonyl (C=O) groups excluding carboxylic acids is 2. The number of amides is 2. The molecule has 1 aliphatic heterocycles. The number of ether oxygens (including phenoxy) is 1. The highest BCUT2D eigenvalue weighted by Crippen LogP contribution is 2.33. The summed E-state index contributed by atoms with van der Waals surface area (Å²) >= 11 is 6.21. The van der Waals surface area contributed by atoms with Gasteiger partial charge in [-0.15, -0.1) is 0 Å². The minimum absolute atomic E-state index is 0.0306. The van der Waals surface area contributed by atoms with E-state index in [-0.39, 0.29) is 23.6 Å². The molecule has 31 heavy (non-hydrogen) atoms. The van der Waals surface area contributed by atoms with Gasteiger partial charge in [-0.2, -0.15) is 0 Å². The Bertz CT molecular complexity index is 1180. The number of anilines is 1. The standard InChI is InChI=1S/C24H18ClFN2O3/c1-31-20-12-11-18(13-19(20)25)27-22-21(16-5-3-2-4-6-16)23(29)28(24(22)30)14-15-7-9-17(26)10-8-15/h2-13,27H,14H2,1H3. The SMILES string of the molecule is COc1ccc(NC2=C(c3ccccc3)C(=O)N(Cc3ccc(F)cc3)C2=O)cc1Cl. The number of nitrogens with one attached hydrogen (secondary N) is 1. The summed E-state index contributed by atoms with van der Waals surface area (Å²) in [6.07, 6.45) is 0. The van der Waals surface area contributed by atoms with Gasteiger partial charge in [0.15, 0.2) is 0 Å². The van der Waals surface area contributed by atoms with Crippen LogP contribution in [0.25, 0.3) is 5.57 Å². The minimum atomic E-state index is -0.472. The molecule has 3 aromatic carbocycles. The zero-order chi connectivity index (χ0) is 22.0. The molecule has 1 heterocycles. The molecular formula is C24H18ClFN2O3. The van der Waals surface area contributed by atoms with Gasteiger partial charge in [-0.1, -0.05) is 54.1 Å². The van der Waals surface area contributed by atoms with Crippen LogP contribution in [0.1, 0.15) is 11.1 Å². The molecule has 0 spiro atoms. The lowest BCUT2D eigenvalue weighted by Gasteiger charge is -2.15. The second-order valence-corrected chi connectivity index (χ2v) is 7.32. The molecule has 0 atom stereocenters. The molecule has 0 unspecified atom stereocenters. The van der Waals surface area contributed by atoms with Crippen LogP contribution >= 0.6 is 11.6 Å². The van der Waals surface area contributed by atoms with Crippen LogP contribution in [-0.2, 0) is 16.1 Å². The summed E-state index contributed by atoms with van der Waals surface area (Å²) in [6.45, 7) is 0.0306. The van der Waals surface area contributed by atoms with Crippen molar-refractivity contribution in [2.24, 2.45) is 0 Å². The van der Waals surface area contributed by atoms with Crippen molar-refractivity contribution in [1.29, 1.82) is 0 Å². The smallest absolute Gasteiger partial charge is 0.278 e. The average molecular weight is 437 g/mol. The molecule has 0 radical (unpaired) electrons. The number of rotatable bonds is 6. The van der Waals surface area contributed by atoms with Crippen LogP contribution in [0.5, 0.6) is 5.75 Å². The van der Waals surface area contributed by atoms with E-state index in [1.54, 1.807) is 54.6 Å². The first-order valence-electron chi connectivity index (χ1n) is 9.49. The number of imide groups is 1. The molecule has 4 rings (SSSR count). The van der Waals surface area contributed by atoms with Gasteiger partial charge in [0.1, 0.15) is 17.3 Å². The van der Waals surface area contributed by atoms with Crippen molar-refractivity contribution in [2.75, 3.05) is 12.4 Å². The molecule has 7 heteroatoms. The Morgan fingerprint density at radius 3 is 2.32 bits per heavy atom.